The Bertz CT molecular complexity index is 655. The minimum atomic E-state index is -0.256. The second-order valence-corrected chi connectivity index (χ2v) is 7.15. The van der Waals surface area contributed by atoms with E-state index in [9.17, 15) is 4.79 Å². The highest BCUT2D eigenvalue weighted by Crippen LogP contribution is 2.40. The van der Waals surface area contributed by atoms with Gasteiger partial charge in [0, 0.05) is 42.4 Å². The van der Waals surface area contributed by atoms with Crippen molar-refractivity contribution < 1.29 is 9.53 Å². The number of hydrogen-bond donors (Lipinski definition) is 0. The van der Waals surface area contributed by atoms with Gasteiger partial charge in [0.05, 0.1) is 0 Å². The highest BCUT2D eigenvalue weighted by Gasteiger charge is 2.41. The van der Waals surface area contributed by atoms with Gasteiger partial charge in [0.1, 0.15) is 11.4 Å². The molecule has 2 fully saturated rings. The lowest BCUT2D eigenvalue weighted by Crippen LogP contribution is -2.49. The summed E-state index contributed by atoms with van der Waals surface area (Å²) in [6.45, 7) is 3.58. The highest BCUT2D eigenvalue weighted by atomic mass is 35.5. The first kappa shape index (κ1) is 14.1. The third kappa shape index (κ3) is 2.41. The van der Waals surface area contributed by atoms with Crippen molar-refractivity contribution in [2.24, 2.45) is 5.92 Å². The Balaban J connectivity index is 1.50. The van der Waals surface area contributed by atoms with Crippen molar-refractivity contribution in [1.29, 1.82) is 0 Å². The fourth-order valence-electron chi connectivity index (χ4n) is 3.35. The molecule has 0 radical (unpaired) electrons. The minimum absolute atomic E-state index is 0.256. The van der Waals surface area contributed by atoms with Crippen molar-refractivity contribution in [3.63, 3.8) is 0 Å². The predicted molar refractivity (Wildman–Crippen MR) is 87.1 cm³/mol. The van der Waals surface area contributed by atoms with E-state index < -0.39 is 0 Å². The normalized spacial score (nSPS) is 22.4. The number of halogens is 1. The smallest absolute Gasteiger partial charge is 0.225 e. The van der Waals surface area contributed by atoms with Crippen molar-refractivity contribution in [1.82, 2.24) is 4.90 Å². The standard InChI is InChI=1S/C18H20ClNO2/c1-12-10-16-14(11-15(12)19)4-5-18(22-16)6-8-20(9-7-18)17(21)13-2-3-13/h4-5,10-11,13H,2-3,6-9H2,1H3. The van der Waals surface area contributed by atoms with E-state index in [1.165, 1.54) is 0 Å². The van der Waals surface area contributed by atoms with Crippen LogP contribution in [0.5, 0.6) is 5.75 Å². The zero-order chi connectivity index (χ0) is 15.3. The van der Waals surface area contributed by atoms with Gasteiger partial charge in [0.15, 0.2) is 0 Å². The molecule has 1 spiro atoms. The second-order valence-electron chi connectivity index (χ2n) is 6.74. The van der Waals surface area contributed by atoms with Gasteiger partial charge in [-0.3, -0.25) is 4.79 Å². The summed E-state index contributed by atoms with van der Waals surface area (Å²) in [6, 6.07) is 3.98. The molecule has 1 saturated carbocycles. The predicted octanol–water partition coefficient (Wildman–Crippen LogP) is 3.83. The van der Waals surface area contributed by atoms with Crippen LogP contribution in [0.3, 0.4) is 0 Å². The quantitative estimate of drug-likeness (QED) is 0.788. The summed E-state index contributed by atoms with van der Waals surface area (Å²) in [5.41, 5.74) is 1.82. The molecule has 4 rings (SSSR count). The van der Waals surface area contributed by atoms with Crippen molar-refractivity contribution in [3.8, 4) is 5.75 Å². The summed E-state index contributed by atoms with van der Waals surface area (Å²) in [5, 5.41) is 0.771. The van der Waals surface area contributed by atoms with Crippen LogP contribution >= 0.6 is 11.6 Å². The number of piperidine rings is 1. The summed E-state index contributed by atoms with van der Waals surface area (Å²) in [7, 11) is 0. The van der Waals surface area contributed by atoms with E-state index in [4.69, 9.17) is 16.3 Å². The lowest BCUT2D eigenvalue weighted by molar-refractivity contribution is -0.135. The van der Waals surface area contributed by atoms with Crippen molar-refractivity contribution in [3.05, 3.63) is 34.4 Å². The molecule has 4 heteroatoms. The van der Waals surface area contributed by atoms with Crippen molar-refractivity contribution in [2.75, 3.05) is 13.1 Å². The van der Waals surface area contributed by atoms with Crippen LogP contribution < -0.4 is 4.74 Å². The lowest BCUT2D eigenvalue weighted by atomic mass is 9.87. The van der Waals surface area contributed by atoms with Gasteiger partial charge >= 0.3 is 0 Å². The van der Waals surface area contributed by atoms with Crippen molar-refractivity contribution in [2.45, 2.75) is 38.2 Å². The van der Waals surface area contributed by atoms with Crippen molar-refractivity contribution >= 4 is 23.6 Å². The molecule has 1 aliphatic carbocycles. The third-order valence-corrected chi connectivity index (χ3v) is 5.43. The van der Waals surface area contributed by atoms with Crippen LogP contribution in [-0.2, 0) is 4.79 Å². The topological polar surface area (TPSA) is 29.5 Å². The molecule has 1 aromatic carbocycles. The number of ether oxygens (including phenoxy) is 1. The minimum Gasteiger partial charge on any atom is -0.482 e. The molecule has 1 saturated heterocycles. The Hall–Kier alpha value is -1.48. The van der Waals surface area contributed by atoms with Crippen LogP contribution in [0.2, 0.25) is 5.02 Å². The molecule has 3 aliphatic rings. The third-order valence-electron chi connectivity index (χ3n) is 5.02. The molecule has 3 nitrogen and oxygen atoms in total. The first-order valence-corrected chi connectivity index (χ1v) is 8.41. The van der Waals surface area contributed by atoms with Crippen LogP contribution in [-0.4, -0.2) is 29.5 Å². The summed E-state index contributed by atoms with van der Waals surface area (Å²) in [4.78, 5) is 14.2. The van der Waals surface area contributed by atoms with Gasteiger partial charge in [-0.05, 0) is 43.5 Å². The first-order valence-electron chi connectivity index (χ1n) is 8.04. The van der Waals surface area contributed by atoms with E-state index in [1.807, 2.05) is 24.0 Å². The SMILES string of the molecule is Cc1cc2c(cc1Cl)C=CC1(CCN(C(=O)C3CC3)CC1)O2. The number of nitrogens with zero attached hydrogens (tertiary/aromatic N) is 1. The molecule has 0 N–H and O–H groups in total. The summed E-state index contributed by atoms with van der Waals surface area (Å²) >= 11 is 6.18. The van der Waals surface area contributed by atoms with Gasteiger partial charge in [0.25, 0.3) is 0 Å². The van der Waals surface area contributed by atoms with E-state index in [1.54, 1.807) is 0 Å². The molecule has 2 aliphatic heterocycles. The van der Waals surface area contributed by atoms with Gasteiger partial charge in [-0.1, -0.05) is 17.7 Å². The molecule has 1 aromatic rings. The maximum atomic E-state index is 12.2. The number of hydrogen-bond acceptors (Lipinski definition) is 2. The molecule has 0 unspecified atom stereocenters. The number of benzene rings is 1. The molecule has 0 bridgehead atoms. The molecule has 116 valence electrons. The fourth-order valence-corrected chi connectivity index (χ4v) is 3.52. The Morgan fingerprint density at radius 3 is 2.73 bits per heavy atom. The Labute approximate surface area is 135 Å². The molecular weight excluding hydrogens is 298 g/mol. The molecule has 2 heterocycles. The Morgan fingerprint density at radius 1 is 1.32 bits per heavy atom. The maximum absolute atomic E-state index is 12.2. The van der Waals surface area contributed by atoms with Gasteiger partial charge < -0.3 is 9.64 Å². The second kappa shape index (κ2) is 5.02. The number of amides is 1. The van der Waals surface area contributed by atoms with Gasteiger partial charge in [-0.25, -0.2) is 0 Å². The zero-order valence-electron chi connectivity index (χ0n) is 12.8. The largest absolute Gasteiger partial charge is 0.482 e. The molecular formula is C18H20ClNO2. The van der Waals surface area contributed by atoms with E-state index in [2.05, 4.69) is 12.2 Å². The number of carbonyl (C=O) groups is 1. The number of likely N-dealkylation sites (tertiary alicyclic amines) is 1. The van der Waals surface area contributed by atoms with Gasteiger partial charge in [0.2, 0.25) is 5.91 Å². The van der Waals surface area contributed by atoms with E-state index in [-0.39, 0.29) is 5.60 Å². The lowest BCUT2D eigenvalue weighted by Gasteiger charge is -2.42. The Kier molecular flexibility index (Phi) is 3.23. The fraction of sp³-hybridized carbons (Fsp3) is 0.500. The number of rotatable bonds is 1. The first-order chi connectivity index (χ1) is 10.6. The summed E-state index contributed by atoms with van der Waals surface area (Å²) in [5.74, 6) is 1.56. The molecule has 1 amide bonds. The molecule has 0 atom stereocenters. The molecule has 22 heavy (non-hydrogen) atoms. The number of aryl methyl sites for hydroxylation is 1. The average Bonchev–Trinajstić information content (AvgIpc) is 3.34. The van der Waals surface area contributed by atoms with E-state index in [0.29, 0.717) is 11.8 Å². The molecule has 0 aromatic heterocycles. The Morgan fingerprint density at radius 2 is 2.05 bits per heavy atom. The van der Waals surface area contributed by atoms with Crippen LogP contribution in [0.4, 0.5) is 0 Å². The maximum Gasteiger partial charge on any atom is 0.225 e. The van der Waals surface area contributed by atoms with Crippen LogP contribution in [0.25, 0.3) is 6.08 Å². The van der Waals surface area contributed by atoms with E-state index in [0.717, 1.165) is 60.7 Å². The number of carbonyl (C=O) groups excluding carboxylic acids is 1. The average molecular weight is 318 g/mol. The zero-order valence-corrected chi connectivity index (χ0v) is 13.5. The summed E-state index contributed by atoms with van der Waals surface area (Å²) < 4.78 is 6.32. The number of fused-ring (bicyclic) bond motifs is 1. The van der Waals surface area contributed by atoms with Crippen LogP contribution in [0, 0.1) is 12.8 Å². The van der Waals surface area contributed by atoms with E-state index >= 15 is 0 Å². The van der Waals surface area contributed by atoms with Crippen LogP contribution in [0.15, 0.2) is 18.2 Å². The van der Waals surface area contributed by atoms with Gasteiger partial charge in [-0.2, -0.15) is 0 Å². The highest BCUT2D eigenvalue weighted by molar-refractivity contribution is 6.31. The monoisotopic (exact) mass is 317 g/mol. The summed E-state index contributed by atoms with van der Waals surface area (Å²) in [6.07, 6.45) is 8.14. The van der Waals surface area contributed by atoms with Crippen LogP contribution in [0.1, 0.15) is 36.8 Å². The van der Waals surface area contributed by atoms with Gasteiger partial charge in [-0.15, -0.1) is 0 Å².